The van der Waals surface area contributed by atoms with E-state index in [1.807, 2.05) is 49.3 Å². The Morgan fingerprint density at radius 3 is 2.10 bits per heavy atom. The molecule has 0 fully saturated rings. The van der Waals surface area contributed by atoms with E-state index >= 15 is 0 Å². The summed E-state index contributed by atoms with van der Waals surface area (Å²) >= 11 is 0. The summed E-state index contributed by atoms with van der Waals surface area (Å²) in [5, 5.41) is 0.681. The van der Waals surface area contributed by atoms with Crippen LogP contribution in [-0.2, 0) is 4.57 Å². The Balaban J connectivity index is 2.33. The van der Waals surface area contributed by atoms with Crippen LogP contribution in [0, 0.1) is 0 Å². The fourth-order valence-corrected chi connectivity index (χ4v) is 4.13. The fourth-order valence-electron chi connectivity index (χ4n) is 2.00. The highest BCUT2D eigenvalue weighted by Gasteiger charge is 2.28. The predicted octanol–water partition coefficient (Wildman–Crippen LogP) is 3.20. The maximum atomic E-state index is 13.3. The normalized spacial score (nSPS) is 13.7. The van der Waals surface area contributed by atoms with Gasteiger partial charge >= 0.3 is 0 Å². The maximum Gasteiger partial charge on any atom is 0.290 e. The lowest BCUT2D eigenvalue weighted by molar-refractivity contribution is 0.414. The molecule has 0 aliphatic heterocycles. The Morgan fingerprint density at radius 1 is 0.952 bits per heavy atom. The summed E-state index contributed by atoms with van der Waals surface area (Å²) in [7, 11) is 2.36. The number of ether oxygens (including phenoxy) is 1. The van der Waals surface area contributed by atoms with E-state index in [9.17, 15) is 4.57 Å². The van der Waals surface area contributed by atoms with Gasteiger partial charge in [0.25, 0.3) is 7.37 Å². The molecule has 1 atom stereocenters. The van der Waals surface area contributed by atoms with Gasteiger partial charge in [-0.15, -0.1) is 0 Å². The quantitative estimate of drug-likeness (QED) is 0.768. The summed E-state index contributed by atoms with van der Waals surface area (Å²) in [6, 6.07) is 16.4. The van der Waals surface area contributed by atoms with Gasteiger partial charge in [-0.3, -0.25) is 9.46 Å². The van der Waals surface area contributed by atoms with Gasteiger partial charge in [0.1, 0.15) is 11.5 Å². The van der Waals surface area contributed by atoms with Crippen LogP contribution in [0.4, 0.5) is 0 Å². The van der Waals surface area contributed by atoms with Crippen LogP contribution in [0.1, 0.15) is 0 Å². The number of hydrogen-bond donors (Lipinski definition) is 0. The first kappa shape index (κ1) is 15.6. The highest BCUT2D eigenvalue weighted by molar-refractivity contribution is 7.67. The van der Waals surface area contributed by atoms with Gasteiger partial charge in [0.05, 0.1) is 13.4 Å². The molecule has 0 aliphatic carbocycles. The SMILES string of the molecule is COc1ccc(P(=O)(CN(C)C)Oc2ccccc2)cc1. The monoisotopic (exact) mass is 305 g/mol. The van der Waals surface area contributed by atoms with E-state index in [-0.39, 0.29) is 0 Å². The summed E-state index contributed by atoms with van der Waals surface area (Å²) in [5.74, 6) is 1.34. The van der Waals surface area contributed by atoms with Gasteiger partial charge in [0.2, 0.25) is 0 Å². The average Bonchev–Trinajstić information content (AvgIpc) is 2.47. The molecule has 0 aromatic heterocycles. The Bertz CT molecular complexity index is 611. The van der Waals surface area contributed by atoms with Crippen molar-refractivity contribution in [3.8, 4) is 11.5 Å². The summed E-state index contributed by atoms with van der Waals surface area (Å²) in [5.41, 5.74) is 0. The standard InChI is InChI=1S/C16H20NO3P/c1-17(2)13-21(18,20-15-7-5-4-6-8-15)16-11-9-14(19-3)10-12-16/h4-12H,13H2,1-3H3. The molecule has 2 aromatic rings. The fraction of sp³-hybridized carbons (Fsp3) is 0.250. The van der Waals surface area contributed by atoms with E-state index in [0.29, 0.717) is 17.3 Å². The van der Waals surface area contributed by atoms with Crippen LogP contribution in [0.3, 0.4) is 0 Å². The Kier molecular flexibility index (Phi) is 5.05. The molecule has 0 radical (unpaired) electrons. The summed E-state index contributed by atoms with van der Waals surface area (Å²) in [4.78, 5) is 1.87. The number of methoxy groups -OCH3 is 1. The highest BCUT2D eigenvalue weighted by Crippen LogP contribution is 2.46. The van der Waals surface area contributed by atoms with Crippen LogP contribution in [0.25, 0.3) is 0 Å². The number of nitrogens with zero attached hydrogens (tertiary/aromatic N) is 1. The van der Waals surface area contributed by atoms with Crippen molar-refractivity contribution in [1.82, 2.24) is 4.90 Å². The molecule has 2 rings (SSSR count). The lowest BCUT2D eigenvalue weighted by Gasteiger charge is -2.23. The zero-order valence-electron chi connectivity index (χ0n) is 12.5. The Labute approximate surface area is 125 Å². The van der Waals surface area contributed by atoms with Crippen molar-refractivity contribution in [2.45, 2.75) is 0 Å². The maximum absolute atomic E-state index is 13.3. The van der Waals surface area contributed by atoms with Crippen molar-refractivity contribution in [2.75, 3.05) is 27.5 Å². The number of hydrogen-bond acceptors (Lipinski definition) is 4. The second-order valence-corrected chi connectivity index (χ2v) is 7.33. The lowest BCUT2D eigenvalue weighted by Crippen LogP contribution is -2.22. The van der Waals surface area contributed by atoms with Crippen molar-refractivity contribution in [3.05, 3.63) is 54.6 Å². The first-order valence-electron chi connectivity index (χ1n) is 6.66. The summed E-state index contributed by atoms with van der Waals surface area (Å²) < 4.78 is 24.3. The number of para-hydroxylation sites is 1. The van der Waals surface area contributed by atoms with Crippen molar-refractivity contribution in [3.63, 3.8) is 0 Å². The van der Waals surface area contributed by atoms with Crippen molar-refractivity contribution >= 4 is 12.7 Å². The smallest absolute Gasteiger partial charge is 0.290 e. The molecule has 0 aliphatic rings. The second-order valence-electron chi connectivity index (χ2n) is 5.00. The van der Waals surface area contributed by atoms with E-state index in [0.717, 1.165) is 5.75 Å². The topological polar surface area (TPSA) is 38.8 Å². The summed E-state index contributed by atoms with van der Waals surface area (Å²) in [6.45, 7) is 0. The summed E-state index contributed by atoms with van der Waals surface area (Å²) in [6.07, 6.45) is 0.341. The van der Waals surface area contributed by atoms with Gasteiger partial charge < -0.3 is 9.26 Å². The molecule has 0 N–H and O–H groups in total. The zero-order chi connectivity index (χ0) is 15.3. The van der Waals surface area contributed by atoms with Gasteiger partial charge in [-0.1, -0.05) is 18.2 Å². The molecule has 0 bridgehead atoms. The third kappa shape index (κ3) is 4.10. The first-order valence-corrected chi connectivity index (χ1v) is 8.47. The van der Waals surface area contributed by atoms with Crippen LogP contribution >= 0.6 is 7.37 Å². The minimum atomic E-state index is -3.01. The molecule has 21 heavy (non-hydrogen) atoms. The largest absolute Gasteiger partial charge is 0.497 e. The third-order valence-electron chi connectivity index (χ3n) is 2.93. The van der Waals surface area contributed by atoms with E-state index < -0.39 is 7.37 Å². The van der Waals surface area contributed by atoms with Crippen LogP contribution in [0.5, 0.6) is 11.5 Å². The van der Waals surface area contributed by atoms with Crippen molar-refractivity contribution in [1.29, 1.82) is 0 Å². The first-order chi connectivity index (χ1) is 10.0. The second kappa shape index (κ2) is 6.79. The van der Waals surface area contributed by atoms with Gasteiger partial charge in [0, 0.05) is 5.30 Å². The number of rotatable bonds is 6. The molecular formula is C16H20NO3P. The van der Waals surface area contributed by atoms with E-state index in [1.54, 1.807) is 31.4 Å². The van der Waals surface area contributed by atoms with E-state index in [4.69, 9.17) is 9.26 Å². The average molecular weight is 305 g/mol. The molecule has 0 heterocycles. The van der Waals surface area contributed by atoms with Crippen LogP contribution in [0.2, 0.25) is 0 Å². The van der Waals surface area contributed by atoms with Crippen molar-refractivity contribution in [2.24, 2.45) is 0 Å². The van der Waals surface area contributed by atoms with Crippen LogP contribution in [0.15, 0.2) is 54.6 Å². The van der Waals surface area contributed by atoms with Gasteiger partial charge in [0.15, 0.2) is 0 Å². The van der Waals surface area contributed by atoms with Crippen LogP contribution < -0.4 is 14.6 Å². The molecule has 5 heteroatoms. The molecule has 112 valence electrons. The molecule has 0 saturated heterocycles. The molecule has 0 spiro atoms. The molecule has 1 unspecified atom stereocenters. The van der Waals surface area contributed by atoms with Crippen molar-refractivity contribution < 1.29 is 13.8 Å². The highest BCUT2D eigenvalue weighted by atomic mass is 31.2. The molecule has 4 nitrogen and oxygen atoms in total. The molecule has 0 amide bonds. The molecule has 2 aromatic carbocycles. The van der Waals surface area contributed by atoms with Gasteiger partial charge in [-0.2, -0.15) is 0 Å². The van der Waals surface area contributed by atoms with E-state index in [2.05, 4.69) is 0 Å². The predicted molar refractivity (Wildman–Crippen MR) is 85.9 cm³/mol. The van der Waals surface area contributed by atoms with E-state index in [1.165, 1.54) is 0 Å². The Morgan fingerprint density at radius 2 is 1.57 bits per heavy atom. The minimum absolute atomic E-state index is 0.341. The molecular weight excluding hydrogens is 285 g/mol. The lowest BCUT2D eigenvalue weighted by atomic mass is 10.3. The number of benzene rings is 2. The molecule has 0 saturated carbocycles. The van der Waals surface area contributed by atoms with Gasteiger partial charge in [-0.25, -0.2) is 0 Å². The third-order valence-corrected chi connectivity index (χ3v) is 5.46. The van der Waals surface area contributed by atoms with Gasteiger partial charge in [-0.05, 0) is 50.5 Å². The Hall–Kier alpha value is -1.77. The van der Waals surface area contributed by atoms with Crippen LogP contribution in [-0.4, -0.2) is 32.4 Å². The zero-order valence-corrected chi connectivity index (χ0v) is 13.4. The minimum Gasteiger partial charge on any atom is -0.497 e.